The lowest BCUT2D eigenvalue weighted by Gasteiger charge is -2.32. The van der Waals surface area contributed by atoms with Crippen molar-refractivity contribution in [2.24, 2.45) is 0 Å². The Labute approximate surface area is 133 Å². The van der Waals surface area contributed by atoms with E-state index in [1.54, 1.807) is 0 Å². The first-order valence-electron chi connectivity index (χ1n) is 6.25. The summed E-state index contributed by atoms with van der Waals surface area (Å²) in [6, 6.07) is 0.513. The number of alkyl halides is 7. The van der Waals surface area contributed by atoms with Crippen LogP contribution in [0.15, 0.2) is 17.0 Å². The van der Waals surface area contributed by atoms with Gasteiger partial charge >= 0.3 is 24.0 Å². The van der Waals surface area contributed by atoms with E-state index in [0.29, 0.717) is 6.07 Å². The number of rotatable bonds is 4. The van der Waals surface area contributed by atoms with Gasteiger partial charge in [-0.3, -0.25) is 4.21 Å². The molecular formula is C13H11F7O3S. The average Bonchev–Trinajstić information content (AvgIpc) is 2.41. The van der Waals surface area contributed by atoms with Gasteiger partial charge in [0.15, 0.2) is 0 Å². The third-order valence-electron chi connectivity index (χ3n) is 3.28. The number of carboxylic acid groups (broad SMARTS) is 1. The van der Waals surface area contributed by atoms with Gasteiger partial charge in [-0.25, -0.2) is 9.18 Å². The molecule has 0 unspecified atom stereocenters. The Morgan fingerprint density at radius 3 is 1.83 bits per heavy atom. The largest absolute Gasteiger partial charge is 0.478 e. The predicted octanol–water partition coefficient (Wildman–Crippen LogP) is 3.97. The molecule has 0 aliphatic carbocycles. The van der Waals surface area contributed by atoms with E-state index < -0.39 is 56.4 Å². The molecule has 0 bridgehead atoms. The van der Waals surface area contributed by atoms with E-state index in [0.717, 1.165) is 6.26 Å². The molecule has 0 saturated heterocycles. The summed E-state index contributed by atoms with van der Waals surface area (Å²) in [5.74, 6) is -1.64. The van der Waals surface area contributed by atoms with Gasteiger partial charge in [0.2, 0.25) is 0 Å². The predicted molar refractivity (Wildman–Crippen MR) is 70.0 cm³/mol. The van der Waals surface area contributed by atoms with Crippen LogP contribution in [-0.4, -0.2) is 33.9 Å². The maximum absolute atomic E-state index is 14.3. The van der Waals surface area contributed by atoms with Gasteiger partial charge in [0, 0.05) is 16.7 Å². The fraction of sp³-hybridized carbons (Fsp3) is 0.462. The number of hydrogen-bond donors (Lipinski definition) is 1. The van der Waals surface area contributed by atoms with Crippen LogP contribution in [0.1, 0.15) is 28.4 Å². The SMILES string of the molecule is CCc1c(C(=O)O)ccc(C(F)(C(F)(F)F)C(F)(F)F)c1[S@@](C)=O. The number of carboxylic acids is 1. The zero-order chi connectivity index (χ0) is 19.1. The molecule has 1 N–H and O–H groups in total. The summed E-state index contributed by atoms with van der Waals surface area (Å²) < 4.78 is 103. The third kappa shape index (κ3) is 3.13. The Morgan fingerprint density at radius 1 is 1.08 bits per heavy atom. The molecule has 11 heteroatoms. The molecule has 0 aliphatic heterocycles. The molecular weight excluding hydrogens is 369 g/mol. The van der Waals surface area contributed by atoms with Crippen LogP contribution in [0.25, 0.3) is 0 Å². The summed E-state index contributed by atoms with van der Waals surface area (Å²) in [6.07, 6.45) is -12.4. The first-order valence-corrected chi connectivity index (χ1v) is 7.81. The van der Waals surface area contributed by atoms with Gasteiger partial charge in [0.05, 0.1) is 16.4 Å². The fourth-order valence-electron chi connectivity index (χ4n) is 2.24. The number of carbonyl (C=O) groups is 1. The lowest BCUT2D eigenvalue weighted by atomic mass is 9.90. The van der Waals surface area contributed by atoms with Crippen molar-refractivity contribution in [2.45, 2.75) is 36.3 Å². The molecule has 0 aromatic heterocycles. The van der Waals surface area contributed by atoms with Gasteiger partial charge in [-0.2, -0.15) is 26.3 Å². The highest BCUT2D eigenvalue weighted by Gasteiger charge is 2.74. The van der Waals surface area contributed by atoms with Crippen LogP contribution in [0.5, 0.6) is 0 Å². The second kappa shape index (κ2) is 6.34. The van der Waals surface area contributed by atoms with E-state index in [-0.39, 0.29) is 12.5 Å². The average molecular weight is 380 g/mol. The zero-order valence-corrected chi connectivity index (χ0v) is 13.0. The van der Waals surface area contributed by atoms with E-state index in [1.807, 2.05) is 0 Å². The Bertz CT molecular complexity index is 665. The second-order valence-corrected chi connectivity index (χ2v) is 6.05. The van der Waals surface area contributed by atoms with Crippen LogP contribution >= 0.6 is 0 Å². The molecule has 0 spiro atoms. The Hall–Kier alpha value is -1.65. The monoisotopic (exact) mass is 380 g/mol. The lowest BCUT2D eigenvalue weighted by Crippen LogP contribution is -2.51. The van der Waals surface area contributed by atoms with Crippen molar-refractivity contribution in [3.8, 4) is 0 Å². The molecule has 0 radical (unpaired) electrons. The van der Waals surface area contributed by atoms with Gasteiger partial charge in [-0.1, -0.05) is 13.0 Å². The molecule has 1 aromatic carbocycles. The van der Waals surface area contributed by atoms with Crippen molar-refractivity contribution < 1.29 is 44.8 Å². The highest BCUT2D eigenvalue weighted by molar-refractivity contribution is 7.84. The molecule has 0 amide bonds. The topological polar surface area (TPSA) is 54.4 Å². The molecule has 1 rings (SSSR count). The highest BCUT2D eigenvalue weighted by atomic mass is 32.2. The van der Waals surface area contributed by atoms with Crippen LogP contribution in [0.3, 0.4) is 0 Å². The minimum atomic E-state index is -6.38. The van der Waals surface area contributed by atoms with E-state index >= 15 is 0 Å². The highest BCUT2D eigenvalue weighted by Crippen LogP contribution is 2.54. The van der Waals surface area contributed by atoms with Crippen molar-refractivity contribution in [1.82, 2.24) is 0 Å². The lowest BCUT2D eigenvalue weighted by molar-refractivity contribution is -0.349. The minimum Gasteiger partial charge on any atom is -0.478 e. The molecule has 0 aliphatic rings. The van der Waals surface area contributed by atoms with Gasteiger partial charge in [0.1, 0.15) is 0 Å². The van der Waals surface area contributed by atoms with Crippen molar-refractivity contribution >= 4 is 16.8 Å². The number of aromatic carboxylic acids is 1. The molecule has 1 atom stereocenters. The van der Waals surface area contributed by atoms with Crippen LogP contribution < -0.4 is 0 Å². The number of hydrogen-bond acceptors (Lipinski definition) is 2. The number of halogens is 7. The summed E-state index contributed by atoms with van der Waals surface area (Å²) in [7, 11) is -2.50. The van der Waals surface area contributed by atoms with Crippen molar-refractivity contribution in [2.75, 3.05) is 6.26 Å². The summed E-state index contributed by atoms with van der Waals surface area (Å²) >= 11 is 0. The van der Waals surface area contributed by atoms with Crippen molar-refractivity contribution in [3.05, 3.63) is 28.8 Å². The first-order chi connectivity index (χ1) is 10.7. The molecule has 1 aromatic rings. The standard InChI is InChI=1S/C13H11F7O3S/c1-3-6-7(10(21)22)4-5-8(9(6)24(2)23)11(14,12(15,16)17)13(18,19)20/h4-5H,3H2,1-2H3,(H,21,22)/t24-/m1/s1. The van der Waals surface area contributed by atoms with Crippen LogP contribution in [-0.2, 0) is 22.9 Å². The minimum absolute atomic E-state index is 0.0698. The summed E-state index contributed by atoms with van der Waals surface area (Å²) in [6.45, 7) is 1.24. The summed E-state index contributed by atoms with van der Waals surface area (Å²) in [5.41, 5.74) is -8.87. The van der Waals surface area contributed by atoms with Gasteiger partial charge in [-0.05, 0) is 18.1 Å². The smallest absolute Gasteiger partial charge is 0.435 e. The molecule has 0 saturated carbocycles. The third-order valence-corrected chi connectivity index (χ3v) is 4.33. The van der Waals surface area contributed by atoms with Crippen LogP contribution in [0.2, 0.25) is 0 Å². The summed E-state index contributed by atoms with van der Waals surface area (Å²) in [5, 5.41) is 8.98. The zero-order valence-electron chi connectivity index (χ0n) is 12.2. The van der Waals surface area contributed by atoms with Crippen molar-refractivity contribution in [1.29, 1.82) is 0 Å². The van der Waals surface area contributed by atoms with Gasteiger partial charge < -0.3 is 5.11 Å². The van der Waals surface area contributed by atoms with E-state index in [4.69, 9.17) is 5.11 Å². The van der Waals surface area contributed by atoms with E-state index in [9.17, 15) is 39.7 Å². The molecule has 3 nitrogen and oxygen atoms in total. The fourth-order valence-corrected chi connectivity index (χ4v) is 3.36. The van der Waals surface area contributed by atoms with Crippen molar-refractivity contribution in [3.63, 3.8) is 0 Å². The van der Waals surface area contributed by atoms with Crippen LogP contribution in [0, 0.1) is 0 Å². The Kier molecular flexibility index (Phi) is 5.39. The Morgan fingerprint density at radius 2 is 1.54 bits per heavy atom. The quantitative estimate of drug-likeness (QED) is 0.805. The molecule has 136 valence electrons. The molecule has 0 fully saturated rings. The summed E-state index contributed by atoms with van der Waals surface area (Å²) in [4.78, 5) is 9.96. The van der Waals surface area contributed by atoms with Gasteiger partial charge in [0.25, 0.3) is 0 Å². The van der Waals surface area contributed by atoms with Gasteiger partial charge in [-0.15, -0.1) is 0 Å². The Balaban J connectivity index is 4.01. The second-order valence-electron chi connectivity index (χ2n) is 4.74. The normalized spacial score (nSPS) is 14.5. The maximum Gasteiger partial charge on any atom is 0.435 e. The first kappa shape index (κ1) is 20.4. The molecule has 24 heavy (non-hydrogen) atoms. The number of benzene rings is 1. The maximum atomic E-state index is 14.3. The van der Waals surface area contributed by atoms with Crippen LogP contribution in [0.4, 0.5) is 30.7 Å². The van der Waals surface area contributed by atoms with E-state index in [1.165, 1.54) is 6.92 Å². The van der Waals surface area contributed by atoms with E-state index in [2.05, 4.69) is 0 Å². The molecule has 0 heterocycles.